The average molecular weight is 299 g/mol. The van der Waals surface area contributed by atoms with E-state index in [0.29, 0.717) is 16.0 Å². The fourth-order valence-corrected chi connectivity index (χ4v) is 2.94. The second-order valence-electron chi connectivity index (χ2n) is 4.77. The van der Waals surface area contributed by atoms with Crippen LogP contribution in [0.5, 0.6) is 0 Å². The molecule has 0 aliphatic heterocycles. The van der Waals surface area contributed by atoms with Gasteiger partial charge in [0.2, 0.25) is 0 Å². The van der Waals surface area contributed by atoms with E-state index < -0.39 is 5.97 Å². The molecule has 0 aliphatic carbocycles. The Morgan fingerprint density at radius 2 is 1.90 bits per heavy atom. The number of fused-ring (bicyclic) bond motifs is 1. The van der Waals surface area contributed by atoms with Crippen molar-refractivity contribution in [2.24, 2.45) is 0 Å². The van der Waals surface area contributed by atoms with Crippen molar-refractivity contribution in [1.29, 1.82) is 0 Å². The topological polar surface area (TPSA) is 66.3 Å². The summed E-state index contributed by atoms with van der Waals surface area (Å²) >= 11 is 1.34. The fourth-order valence-electron chi connectivity index (χ4n) is 2.01. The van der Waals surface area contributed by atoms with Gasteiger partial charge < -0.3 is 10.0 Å². The van der Waals surface area contributed by atoms with E-state index in [0.717, 1.165) is 10.7 Å². The molecule has 0 bridgehead atoms. The van der Waals surface area contributed by atoms with E-state index >= 15 is 0 Å². The summed E-state index contributed by atoms with van der Waals surface area (Å²) in [5, 5.41) is 10.2. The van der Waals surface area contributed by atoms with E-state index in [1.807, 2.05) is 49.3 Å². The number of aromatic nitrogens is 2. The summed E-state index contributed by atoms with van der Waals surface area (Å²) in [6.45, 7) is 0. The molecule has 0 spiro atoms. The monoisotopic (exact) mass is 299 g/mol. The number of hydrogen-bond acceptors (Lipinski definition) is 5. The van der Waals surface area contributed by atoms with Crippen LogP contribution in [-0.4, -0.2) is 35.1 Å². The number of rotatable bonds is 3. The van der Waals surface area contributed by atoms with E-state index in [1.165, 1.54) is 11.3 Å². The highest BCUT2D eigenvalue weighted by atomic mass is 32.1. The zero-order chi connectivity index (χ0) is 15.0. The van der Waals surface area contributed by atoms with Crippen molar-refractivity contribution >= 4 is 32.8 Å². The number of nitrogens with zero attached hydrogens (tertiary/aromatic N) is 3. The summed E-state index contributed by atoms with van der Waals surface area (Å²) in [4.78, 5) is 22.3. The van der Waals surface area contributed by atoms with Crippen molar-refractivity contribution in [2.45, 2.75) is 0 Å². The highest BCUT2D eigenvalue weighted by molar-refractivity contribution is 7.22. The van der Waals surface area contributed by atoms with Gasteiger partial charge in [-0.15, -0.1) is 0 Å². The van der Waals surface area contributed by atoms with E-state index in [1.54, 1.807) is 6.07 Å². The van der Waals surface area contributed by atoms with Crippen molar-refractivity contribution < 1.29 is 9.90 Å². The lowest BCUT2D eigenvalue weighted by atomic mass is 10.1. The molecule has 0 atom stereocenters. The Kier molecular flexibility index (Phi) is 3.31. The summed E-state index contributed by atoms with van der Waals surface area (Å²) < 4.78 is 0.603. The number of carboxylic acids is 1. The Morgan fingerprint density at radius 1 is 1.19 bits per heavy atom. The van der Waals surface area contributed by atoms with Crippen LogP contribution in [0.4, 0.5) is 5.13 Å². The Hall–Kier alpha value is -2.47. The summed E-state index contributed by atoms with van der Waals surface area (Å²) in [5.41, 5.74) is 2.21. The molecular formula is C15H13N3O2S. The Morgan fingerprint density at radius 3 is 2.52 bits per heavy atom. The average Bonchev–Trinajstić information content (AvgIpc) is 2.91. The molecule has 0 aliphatic rings. The smallest absolute Gasteiger partial charge is 0.337 e. The lowest BCUT2D eigenvalue weighted by Gasteiger charge is -2.04. The highest BCUT2D eigenvalue weighted by Crippen LogP contribution is 2.32. The molecule has 5 nitrogen and oxygen atoms in total. The molecule has 0 saturated carbocycles. The molecule has 1 aromatic carbocycles. The van der Waals surface area contributed by atoms with Crippen molar-refractivity contribution in [3.63, 3.8) is 0 Å². The van der Waals surface area contributed by atoms with E-state index in [4.69, 9.17) is 0 Å². The Balaban J connectivity index is 2.27. The molecule has 0 unspecified atom stereocenters. The minimum absolute atomic E-state index is 0.240. The van der Waals surface area contributed by atoms with E-state index in [9.17, 15) is 9.90 Å². The predicted octanol–water partition coefficient (Wildman–Crippen LogP) is 3.12. The third-order valence-electron chi connectivity index (χ3n) is 3.03. The fraction of sp³-hybridized carbons (Fsp3) is 0.133. The van der Waals surface area contributed by atoms with Gasteiger partial charge in [0.05, 0.1) is 16.0 Å². The number of benzene rings is 1. The SMILES string of the molecule is CN(C)c1nc2nc(-c3ccccc3)cc(C(=O)O)c2s1. The first-order valence-corrected chi connectivity index (χ1v) is 7.15. The maximum atomic E-state index is 11.5. The van der Waals surface area contributed by atoms with Gasteiger partial charge in [0.15, 0.2) is 10.8 Å². The first-order valence-electron chi connectivity index (χ1n) is 6.34. The second-order valence-corrected chi connectivity index (χ2v) is 5.75. The number of carboxylic acid groups (broad SMARTS) is 1. The van der Waals surface area contributed by atoms with Crippen molar-refractivity contribution in [3.05, 3.63) is 42.0 Å². The lowest BCUT2D eigenvalue weighted by Crippen LogP contribution is -2.07. The molecule has 0 radical (unpaired) electrons. The van der Waals surface area contributed by atoms with E-state index in [2.05, 4.69) is 9.97 Å². The molecule has 2 heterocycles. The van der Waals surface area contributed by atoms with Gasteiger partial charge in [0, 0.05) is 19.7 Å². The van der Waals surface area contributed by atoms with Gasteiger partial charge in [0.25, 0.3) is 0 Å². The molecule has 21 heavy (non-hydrogen) atoms. The summed E-state index contributed by atoms with van der Waals surface area (Å²) in [6, 6.07) is 11.1. The van der Waals surface area contributed by atoms with Crippen LogP contribution in [0.2, 0.25) is 0 Å². The normalized spacial score (nSPS) is 10.8. The van der Waals surface area contributed by atoms with Gasteiger partial charge in [-0.1, -0.05) is 41.7 Å². The second kappa shape index (κ2) is 5.14. The van der Waals surface area contributed by atoms with Crippen LogP contribution in [0, 0.1) is 0 Å². The van der Waals surface area contributed by atoms with Crippen LogP contribution in [0.25, 0.3) is 21.6 Å². The Labute approximate surface area is 125 Å². The van der Waals surface area contributed by atoms with Crippen LogP contribution < -0.4 is 4.90 Å². The minimum Gasteiger partial charge on any atom is -0.478 e. The Bertz CT molecular complexity index is 812. The van der Waals surface area contributed by atoms with E-state index in [-0.39, 0.29) is 5.56 Å². The van der Waals surface area contributed by atoms with Crippen molar-refractivity contribution in [1.82, 2.24) is 9.97 Å². The van der Waals surface area contributed by atoms with Crippen LogP contribution in [0.1, 0.15) is 10.4 Å². The van der Waals surface area contributed by atoms with Crippen LogP contribution in [0.3, 0.4) is 0 Å². The number of carbonyl (C=O) groups is 1. The molecule has 3 rings (SSSR count). The summed E-state index contributed by atoms with van der Waals surface area (Å²) in [6.07, 6.45) is 0. The van der Waals surface area contributed by atoms with Crippen molar-refractivity contribution in [3.8, 4) is 11.3 Å². The zero-order valence-electron chi connectivity index (χ0n) is 11.6. The van der Waals surface area contributed by atoms with Crippen LogP contribution in [0.15, 0.2) is 36.4 Å². The third-order valence-corrected chi connectivity index (χ3v) is 4.28. The van der Waals surface area contributed by atoms with Gasteiger partial charge in [-0.05, 0) is 6.07 Å². The zero-order valence-corrected chi connectivity index (χ0v) is 12.4. The van der Waals surface area contributed by atoms with Gasteiger partial charge in [-0.2, -0.15) is 4.98 Å². The number of aromatic carboxylic acids is 1. The molecule has 0 fully saturated rings. The first-order chi connectivity index (χ1) is 10.1. The van der Waals surface area contributed by atoms with Gasteiger partial charge in [0.1, 0.15) is 0 Å². The maximum absolute atomic E-state index is 11.5. The molecule has 2 aromatic heterocycles. The van der Waals surface area contributed by atoms with Gasteiger partial charge in [-0.25, -0.2) is 9.78 Å². The minimum atomic E-state index is -0.964. The summed E-state index contributed by atoms with van der Waals surface area (Å²) in [5.74, 6) is -0.964. The number of pyridine rings is 1. The molecule has 6 heteroatoms. The number of hydrogen-bond donors (Lipinski definition) is 1. The quantitative estimate of drug-likeness (QED) is 0.805. The number of anilines is 1. The first kappa shape index (κ1) is 13.5. The lowest BCUT2D eigenvalue weighted by molar-refractivity contribution is 0.0699. The summed E-state index contributed by atoms with van der Waals surface area (Å²) in [7, 11) is 3.74. The molecule has 0 amide bonds. The standard InChI is InChI=1S/C15H13N3O2S/c1-18(2)15-17-13-12(21-15)10(14(19)20)8-11(16-13)9-6-4-3-5-7-9/h3-8H,1-2H3,(H,19,20). The third kappa shape index (κ3) is 2.45. The van der Waals surface area contributed by atoms with Crippen LogP contribution >= 0.6 is 11.3 Å². The number of thiazole rings is 1. The highest BCUT2D eigenvalue weighted by Gasteiger charge is 2.17. The predicted molar refractivity (Wildman–Crippen MR) is 84.1 cm³/mol. The molecule has 3 aromatic rings. The maximum Gasteiger partial charge on any atom is 0.337 e. The molecule has 106 valence electrons. The molecule has 0 saturated heterocycles. The van der Waals surface area contributed by atoms with Gasteiger partial charge in [-0.3, -0.25) is 0 Å². The van der Waals surface area contributed by atoms with Gasteiger partial charge >= 0.3 is 5.97 Å². The molecular weight excluding hydrogens is 286 g/mol. The molecule has 1 N–H and O–H groups in total. The van der Waals surface area contributed by atoms with Crippen molar-refractivity contribution in [2.75, 3.05) is 19.0 Å². The largest absolute Gasteiger partial charge is 0.478 e. The van der Waals surface area contributed by atoms with Crippen LogP contribution in [-0.2, 0) is 0 Å².